The predicted octanol–water partition coefficient (Wildman–Crippen LogP) is 1.11. The Balaban J connectivity index is 2.43. The molecule has 1 aromatic carbocycles. The Hall–Kier alpha value is -2.07. The summed E-state index contributed by atoms with van der Waals surface area (Å²) in [4.78, 5) is 12.6. The Morgan fingerprint density at radius 3 is 2.30 bits per heavy atom. The first kappa shape index (κ1) is 16.0. The summed E-state index contributed by atoms with van der Waals surface area (Å²) in [7, 11) is 1.36. The number of methoxy groups -OCH3 is 1. The van der Waals surface area contributed by atoms with Gasteiger partial charge in [0.05, 0.1) is 25.8 Å². The van der Waals surface area contributed by atoms with Gasteiger partial charge in [0.15, 0.2) is 0 Å². The van der Waals surface area contributed by atoms with Crippen LogP contribution in [0.25, 0.3) is 0 Å². The van der Waals surface area contributed by atoms with Crippen LogP contribution in [-0.2, 0) is 4.74 Å². The number of hydrogen-bond acceptors (Lipinski definition) is 3. The maximum absolute atomic E-state index is 11.3. The Morgan fingerprint density at radius 1 is 1.20 bits per heavy atom. The van der Waals surface area contributed by atoms with Gasteiger partial charge >= 0.3 is 5.97 Å². The van der Waals surface area contributed by atoms with Crippen molar-refractivity contribution in [3.05, 3.63) is 55.1 Å². The van der Waals surface area contributed by atoms with E-state index in [1.807, 2.05) is 12.2 Å². The van der Waals surface area contributed by atoms with E-state index in [-0.39, 0.29) is 5.97 Å². The molecule has 4 heteroatoms. The molecule has 0 spiro atoms. The smallest absolute Gasteiger partial charge is 0.337 e. The summed E-state index contributed by atoms with van der Waals surface area (Å²) in [6, 6.07) is 6.93. The summed E-state index contributed by atoms with van der Waals surface area (Å²) in [6.07, 6.45) is 3.79. The van der Waals surface area contributed by atoms with Gasteiger partial charge in [-0.2, -0.15) is 0 Å². The molecular formula is C16H22NO3+. The molecule has 0 fully saturated rings. The zero-order valence-corrected chi connectivity index (χ0v) is 11.9. The van der Waals surface area contributed by atoms with Crippen LogP contribution in [0.4, 0.5) is 0 Å². The minimum absolute atomic E-state index is 0.343. The van der Waals surface area contributed by atoms with Gasteiger partial charge in [-0.25, -0.2) is 4.79 Å². The number of carbonyl (C=O) groups excluding carboxylic acids is 1. The molecule has 0 radical (unpaired) electrons. The topological polar surface area (TPSA) is 40.0 Å². The van der Waals surface area contributed by atoms with Crippen molar-refractivity contribution in [3.8, 4) is 5.75 Å². The third-order valence-corrected chi connectivity index (χ3v) is 2.87. The van der Waals surface area contributed by atoms with E-state index >= 15 is 0 Å². The first-order valence-corrected chi connectivity index (χ1v) is 6.57. The average molecular weight is 276 g/mol. The summed E-state index contributed by atoms with van der Waals surface area (Å²) < 4.78 is 10.3. The number of carbonyl (C=O) groups is 1. The molecule has 1 aromatic rings. The highest BCUT2D eigenvalue weighted by atomic mass is 16.5. The molecule has 4 nitrogen and oxygen atoms in total. The van der Waals surface area contributed by atoms with Crippen molar-refractivity contribution >= 4 is 5.97 Å². The van der Waals surface area contributed by atoms with Gasteiger partial charge in [0.1, 0.15) is 18.9 Å². The molecule has 0 bridgehead atoms. The molecule has 0 unspecified atom stereocenters. The second-order valence-electron chi connectivity index (χ2n) is 4.35. The highest BCUT2D eigenvalue weighted by Gasteiger charge is 2.06. The maximum Gasteiger partial charge on any atom is 0.337 e. The molecule has 0 saturated heterocycles. The highest BCUT2D eigenvalue weighted by Crippen LogP contribution is 2.12. The lowest BCUT2D eigenvalue weighted by atomic mass is 10.2. The maximum atomic E-state index is 11.3. The lowest BCUT2D eigenvalue weighted by Gasteiger charge is -2.16. The van der Waals surface area contributed by atoms with Crippen molar-refractivity contribution in [1.82, 2.24) is 0 Å². The molecule has 0 aliphatic carbocycles. The first-order valence-electron chi connectivity index (χ1n) is 6.57. The van der Waals surface area contributed by atoms with Crippen LogP contribution in [0, 0.1) is 0 Å². The van der Waals surface area contributed by atoms with Crippen LogP contribution in [-0.4, -0.2) is 39.3 Å². The van der Waals surface area contributed by atoms with Gasteiger partial charge in [-0.15, -0.1) is 0 Å². The minimum Gasteiger partial charge on any atom is -0.488 e. The fraction of sp³-hybridized carbons (Fsp3) is 0.312. The third-order valence-electron chi connectivity index (χ3n) is 2.87. The van der Waals surface area contributed by atoms with Gasteiger partial charge in [0.2, 0.25) is 0 Å². The lowest BCUT2D eigenvalue weighted by molar-refractivity contribution is -0.888. The largest absolute Gasteiger partial charge is 0.488 e. The molecule has 0 heterocycles. The normalized spacial score (nSPS) is 10.1. The monoisotopic (exact) mass is 276 g/mol. The Morgan fingerprint density at radius 2 is 1.80 bits per heavy atom. The Kier molecular flexibility index (Phi) is 7.14. The van der Waals surface area contributed by atoms with Gasteiger partial charge in [-0.05, 0) is 36.4 Å². The summed E-state index contributed by atoms with van der Waals surface area (Å²) in [5.41, 5.74) is 0.519. The number of hydrogen-bond donors (Lipinski definition) is 1. The minimum atomic E-state index is -0.343. The fourth-order valence-electron chi connectivity index (χ4n) is 1.81. The molecule has 1 N–H and O–H groups in total. The van der Waals surface area contributed by atoms with Gasteiger partial charge in [-0.1, -0.05) is 13.2 Å². The Labute approximate surface area is 120 Å². The molecule has 108 valence electrons. The zero-order valence-electron chi connectivity index (χ0n) is 11.9. The third kappa shape index (κ3) is 5.28. The van der Waals surface area contributed by atoms with Crippen LogP contribution >= 0.6 is 0 Å². The van der Waals surface area contributed by atoms with Crippen molar-refractivity contribution < 1.29 is 19.2 Å². The quantitative estimate of drug-likeness (QED) is 0.542. The number of benzene rings is 1. The zero-order chi connectivity index (χ0) is 14.8. The van der Waals surface area contributed by atoms with E-state index in [0.29, 0.717) is 12.2 Å². The van der Waals surface area contributed by atoms with Crippen molar-refractivity contribution in [1.29, 1.82) is 0 Å². The van der Waals surface area contributed by atoms with Crippen LogP contribution in [0.5, 0.6) is 5.75 Å². The van der Waals surface area contributed by atoms with Gasteiger partial charge in [0.25, 0.3) is 0 Å². The number of esters is 1. The number of rotatable bonds is 9. The summed E-state index contributed by atoms with van der Waals surface area (Å²) in [6.45, 7) is 10.7. The van der Waals surface area contributed by atoms with Crippen LogP contribution in [0.3, 0.4) is 0 Å². The average Bonchev–Trinajstić information content (AvgIpc) is 2.47. The van der Waals surface area contributed by atoms with Crippen LogP contribution in [0.15, 0.2) is 49.6 Å². The number of quaternary nitrogens is 1. The summed E-state index contributed by atoms with van der Waals surface area (Å²) in [5, 5.41) is 0. The highest BCUT2D eigenvalue weighted by molar-refractivity contribution is 5.89. The molecular weight excluding hydrogens is 254 g/mol. The van der Waals surface area contributed by atoms with Gasteiger partial charge < -0.3 is 14.4 Å². The standard InChI is InChI=1S/C16H21NO3/c1-4-10-17(11-5-2)12-13-20-15-8-6-14(7-9-15)16(18)19-3/h4-9H,1-2,10-13H2,3H3/p+1. The molecule has 1 rings (SSSR count). The van der Waals surface area contributed by atoms with E-state index in [1.54, 1.807) is 24.3 Å². The van der Waals surface area contributed by atoms with E-state index in [2.05, 4.69) is 17.9 Å². The summed E-state index contributed by atoms with van der Waals surface area (Å²) >= 11 is 0. The van der Waals surface area contributed by atoms with Crippen LogP contribution < -0.4 is 9.64 Å². The molecule has 20 heavy (non-hydrogen) atoms. The van der Waals surface area contributed by atoms with Crippen LogP contribution in [0.2, 0.25) is 0 Å². The molecule has 0 aliphatic rings. The second kappa shape index (κ2) is 8.93. The second-order valence-corrected chi connectivity index (χ2v) is 4.35. The predicted molar refractivity (Wildman–Crippen MR) is 79.2 cm³/mol. The molecule has 0 aliphatic heterocycles. The van der Waals surface area contributed by atoms with E-state index in [0.717, 1.165) is 25.4 Å². The molecule has 0 amide bonds. The molecule has 0 atom stereocenters. The van der Waals surface area contributed by atoms with Crippen LogP contribution in [0.1, 0.15) is 10.4 Å². The van der Waals surface area contributed by atoms with Gasteiger partial charge in [0, 0.05) is 0 Å². The van der Waals surface area contributed by atoms with E-state index in [4.69, 9.17) is 4.74 Å². The lowest BCUT2D eigenvalue weighted by Crippen LogP contribution is -3.12. The van der Waals surface area contributed by atoms with Gasteiger partial charge in [-0.3, -0.25) is 0 Å². The van der Waals surface area contributed by atoms with Crippen molar-refractivity contribution in [3.63, 3.8) is 0 Å². The van der Waals surface area contributed by atoms with E-state index < -0.39 is 0 Å². The molecule has 0 saturated carbocycles. The SMILES string of the molecule is C=CC[NH+](CC=C)CCOc1ccc(C(=O)OC)cc1. The van der Waals surface area contributed by atoms with Crippen molar-refractivity contribution in [2.45, 2.75) is 0 Å². The number of ether oxygens (including phenoxy) is 2. The van der Waals surface area contributed by atoms with E-state index in [9.17, 15) is 4.79 Å². The fourth-order valence-corrected chi connectivity index (χ4v) is 1.81. The number of nitrogens with one attached hydrogen (secondary N) is 1. The van der Waals surface area contributed by atoms with Crippen molar-refractivity contribution in [2.24, 2.45) is 0 Å². The molecule has 0 aromatic heterocycles. The van der Waals surface area contributed by atoms with E-state index in [1.165, 1.54) is 12.0 Å². The summed E-state index contributed by atoms with van der Waals surface area (Å²) in [5.74, 6) is 0.401. The first-order chi connectivity index (χ1) is 9.71. The van der Waals surface area contributed by atoms with Crippen molar-refractivity contribution in [2.75, 3.05) is 33.4 Å². The Bertz CT molecular complexity index is 430.